The Morgan fingerprint density at radius 1 is 1.12 bits per heavy atom. The first-order valence-corrected chi connectivity index (χ1v) is 8.37. The highest BCUT2D eigenvalue weighted by molar-refractivity contribution is 5.82. The molecule has 1 aliphatic rings. The maximum absolute atomic E-state index is 6.17. The number of fused-ring (bicyclic) bond motifs is 1. The molecule has 0 N–H and O–H groups in total. The van der Waals surface area contributed by atoms with Gasteiger partial charge in [-0.25, -0.2) is 9.97 Å². The molecule has 0 atom stereocenters. The van der Waals surface area contributed by atoms with Gasteiger partial charge in [0, 0.05) is 48.5 Å². The molecule has 0 aliphatic carbocycles. The minimum absolute atomic E-state index is 0.244. The summed E-state index contributed by atoms with van der Waals surface area (Å²) >= 11 is 0. The average Bonchev–Trinajstić information content (AvgIpc) is 3.06. The van der Waals surface area contributed by atoms with Crippen LogP contribution in [-0.4, -0.2) is 29.2 Å². The average molecular weight is 323 g/mol. The van der Waals surface area contributed by atoms with Gasteiger partial charge in [0.1, 0.15) is 23.5 Å². The fraction of sp³-hybridized carbons (Fsp3) is 0.368. The summed E-state index contributed by atoms with van der Waals surface area (Å²) < 4.78 is 11.4. The van der Waals surface area contributed by atoms with Crippen molar-refractivity contribution in [2.24, 2.45) is 0 Å². The number of aromatic nitrogens is 2. The van der Waals surface area contributed by atoms with Crippen LogP contribution < -0.4 is 9.64 Å². The molecule has 0 unspecified atom stereocenters. The van der Waals surface area contributed by atoms with Crippen molar-refractivity contribution < 1.29 is 9.15 Å². The Morgan fingerprint density at radius 3 is 2.75 bits per heavy atom. The molecule has 0 radical (unpaired) electrons. The first-order valence-electron chi connectivity index (χ1n) is 8.37. The summed E-state index contributed by atoms with van der Waals surface area (Å²) in [6.07, 6.45) is 7.64. The van der Waals surface area contributed by atoms with E-state index in [9.17, 15) is 0 Å². The van der Waals surface area contributed by atoms with E-state index in [0.717, 1.165) is 59.7 Å². The van der Waals surface area contributed by atoms with Crippen molar-refractivity contribution in [3.05, 3.63) is 48.3 Å². The van der Waals surface area contributed by atoms with Crippen LogP contribution in [-0.2, 0) is 0 Å². The lowest BCUT2D eigenvalue weighted by atomic mass is 10.1. The molecule has 5 nitrogen and oxygen atoms in total. The second-order valence-corrected chi connectivity index (χ2v) is 6.39. The molecular weight excluding hydrogens is 302 g/mol. The van der Waals surface area contributed by atoms with Crippen molar-refractivity contribution in [1.82, 2.24) is 9.97 Å². The molecule has 3 aromatic rings. The minimum atomic E-state index is 0.244. The van der Waals surface area contributed by atoms with Gasteiger partial charge in [-0.05, 0) is 32.0 Å². The van der Waals surface area contributed by atoms with E-state index < -0.39 is 0 Å². The molecule has 1 fully saturated rings. The van der Waals surface area contributed by atoms with Crippen LogP contribution in [0.1, 0.15) is 24.2 Å². The summed E-state index contributed by atoms with van der Waals surface area (Å²) in [6, 6.07) is 6.10. The number of hydrogen-bond acceptors (Lipinski definition) is 5. The van der Waals surface area contributed by atoms with E-state index in [4.69, 9.17) is 9.15 Å². The lowest BCUT2D eigenvalue weighted by molar-refractivity contribution is 0.171. The number of ether oxygens (including phenoxy) is 1. The predicted molar refractivity (Wildman–Crippen MR) is 93.6 cm³/mol. The van der Waals surface area contributed by atoms with Crippen molar-refractivity contribution in [1.29, 1.82) is 0 Å². The molecule has 1 saturated heterocycles. The van der Waals surface area contributed by atoms with Crippen LogP contribution in [0.15, 0.2) is 41.3 Å². The summed E-state index contributed by atoms with van der Waals surface area (Å²) in [7, 11) is 0. The van der Waals surface area contributed by atoms with Gasteiger partial charge in [0.2, 0.25) is 0 Å². The van der Waals surface area contributed by atoms with Gasteiger partial charge in [-0.15, -0.1) is 0 Å². The van der Waals surface area contributed by atoms with Gasteiger partial charge in [-0.3, -0.25) is 0 Å². The van der Waals surface area contributed by atoms with Crippen LogP contribution in [0, 0.1) is 13.8 Å². The van der Waals surface area contributed by atoms with E-state index in [-0.39, 0.29) is 6.10 Å². The maximum atomic E-state index is 6.17. The fourth-order valence-corrected chi connectivity index (χ4v) is 3.23. The van der Waals surface area contributed by atoms with Crippen molar-refractivity contribution in [3.63, 3.8) is 0 Å². The number of aryl methyl sites for hydroxylation is 2. The largest absolute Gasteiger partial charge is 0.490 e. The summed E-state index contributed by atoms with van der Waals surface area (Å²) in [6.45, 7) is 5.91. The Labute approximate surface area is 141 Å². The van der Waals surface area contributed by atoms with Gasteiger partial charge in [-0.1, -0.05) is 0 Å². The quantitative estimate of drug-likeness (QED) is 0.732. The molecule has 0 bridgehead atoms. The third kappa shape index (κ3) is 2.94. The van der Waals surface area contributed by atoms with Crippen LogP contribution in [0.4, 0.5) is 5.82 Å². The SMILES string of the molecule is Cc1ncc(C)c(N2CCC(Oc3ccc4cocc4c3)CC2)n1. The fourth-order valence-electron chi connectivity index (χ4n) is 3.23. The van der Waals surface area contributed by atoms with E-state index in [1.54, 1.807) is 12.5 Å². The van der Waals surface area contributed by atoms with Crippen LogP contribution >= 0.6 is 0 Å². The smallest absolute Gasteiger partial charge is 0.135 e. The van der Waals surface area contributed by atoms with Crippen LogP contribution in [0.5, 0.6) is 5.75 Å². The molecule has 3 heterocycles. The minimum Gasteiger partial charge on any atom is -0.490 e. The first-order chi connectivity index (χ1) is 11.7. The number of furan rings is 1. The number of hydrogen-bond donors (Lipinski definition) is 0. The standard InChI is InChI=1S/C19H21N3O2/c1-13-10-20-14(2)21-19(13)22-7-5-17(6-8-22)24-18-4-3-15-11-23-12-16(15)9-18/h3-4,9-12,17H,5-8H2,1-2H3. The Hall–Kier alpha value is -2.56. The molecule has 24 heavy (non-hydrogen) atoms. The summed E-state index contributed by atoms with van der Waals surface area (Å²) in [5.41, 5.74) is 1.13. The van der Waals surface area contributed by atoms with Crippen LogP contribution in [0.2, 0.25) is 0 Å². The third-order valence-corrected chi connectivity index (χ3v) is 4.56. The van der Waals surface area contributed by atoms with Gasteiger partial charge >= 0.3 is 0 Å². The molecule has 0 amide bonds. The van der Waals surface area contributed by atoms with Gasteiger partial charge in [0.05, 0.1) is 12.5 Å². The molecule has 2 aromatic heterocycles. The number of piperidine rings is 1. The zero-order valence-electron chi connectivity index (χ0n) is 14.0. The molecule has 4 rings (SSSR count). The summed E-state index contributed by atoms with van der Waals surface area (Å²) in [5.74, 6) is 2.79. The Kier molecular flexibility index (Phi) is 3.84. The van der Waals surface area contributed by atoms with E-state index in [1.807, 2.05) is 31.3 Å². The molecular formula is C19H21N3O2. The Balaban J connectivity index is 1.41. The summed E-state index contributed by atoms with van der Waals surface area (Å²) in [4.78, 5) is 11.2. The van der Waals surface area contributed by atoms with Gasteiger partial charge < -0.3 is 14.1 Å². The second-order valence-electron chi connectivity index (χ2n) is 6.39. The van der Waals surface area contributed by atoms with Crippen LogP contribution in [0.25, 0.3) is 10.8 Å². The molecule has 1 aromatic carbocycles. The highest BCUT2D eigenvalue weighted by Crippen LogP contribution is 2.26. The summed E-state index contributed by atoms with van der Waals surface area (Å²) in [5, 5.41) is 2.18. The highest BCUT2D eigenvalue weighted by Gasteiger charge is 2.22. The predicted octanol–water partition coefficient (Wildman–Crippen LogP) is 3.89. The zero-order chi connectivity index (χ0) is 16.5. The van der Waals surface area contributed by atoms with Gasteiger partial charge in [0.15, 0.2) is 0 Å². The van der Waals surface area contributed by atoms with E-state index in [1.165, 1.54) is 0 Å². The van der Waals surface area contributed by atoms with Crippen molar-refractivity contribution in [2.75, 3.05) is 18.0 Å². The van der Waals surface area contributed by atoms with Crippen LogP contribution in [0.3, 0.4) is 0 Å². The lowest BCUT2D eigenvalue weighted by Crippen LogP contribution is -2.39. The zero-order valence-corrected chi connectivity index (χ0v) is 14.0. The molecule has 124 valence electrons. The maximum Gasteiger partial charge on any atom is 0.135 e. The molecule has 5 heteroatoms. The van der Waals surface area contributed by atoms with Gasteiger partial charge in [-0.2, -0.15) is 0 Å². The third-order valence-electron chi connectivity index (χ3n) is 4.56. The highest BCUT2D eigenvalue weighted by atomic mass is 16.5. The topological polar surface area (TPSA) is 51.4 Å². The molecule has 0 spiro atoms. The first kappa shape index (κ1) is 15.0. The van der Waals surface area contributed by atoms with Crippen molar-refractivity contribution in [2.45, 2.75) is 32.8 Å². The number of nitrogens with zero attached hydrogens (tertiary/aromatic N) is 3. The van der Waals surface area contributed by atoms with E-state index in [0.29, 0.717) is 0 Å². The van der Waals surface area contributed by atoms with Crippen molar-refractivity contribution in [3.8, 4) is 5.75 Å². The molecule has 0 saturated carbocycles. The Bertz CT molecular complexity index is 851. The lowest BCUT2D eigenvalue weighted by Gasteiger charge is -2.33. The normalized spacial score (nSPS) is 15.8. The van der Waals surface area contributed by atoms with E-state index >= 15 is 0 Å². The Morgan fingerprint density at radius 2 is 1.92 bits per heavy atom. The van der Waals surface area contributed by atoms with Gasteiger partial charge in [0.25, 0.3) is 0 Å². The number of rotatable bonds is 3. The molecule has 1 aliphatic heterocycles. The number of benzene rings is 1. The van der Waals surface area contributed by atoms with E-state index in [2.05, 4.69) is 21.8 Å². The second kappa shape index (κ2) is 6.15. The monoisotopic (exact) mass is 323 g/mol. The number of anilines is 1. The van der Waals surface area contributed by atoms with Crippen molar-refractivity contribution >= 4 is 16.6 Å².